The SMILES string of the molecule is COCCOc1ccc(C(F)(F)F)cc1NC(=O)COC(=O)CCNC(=O)c1ccccc1C. The number of carbonyl (C=O) groups excluding carboxylic acids is 3. The van der Waals surface area contributed by atoms with Gasteiger partial charge in [-0.3, -0.25) is 14.4 Å². The predicted molar refractivity (Wildman–Crippen MR) is 117 cm³/mol. The number of alkyl halides is 3. The summed E-state index contributed by atoms with van der Waals surface area (Å²) < 4.78 is 54.1. The number of rotatable bonds is 11. The number of hydrogen-bond acceptors (Lipinski definition) is 6. The Kier molecular flexibility index (Phi) is 9.87. The van der Waals surface area contributed by atoms with Crippen molar-refractivity contribution in [3.63, 3.8) is 0 Å². The Balaban J connectivity index is 1.86. The maximum atomic E-state index is 13.0. The molecule has 2 aromatic rings. The topological polar surface area (TPSA) is 103 Å². The monoisotopic (exact) mass is 482 g/mol. The highest BCUT2D eigenvalue weighted by Gasteiger charge is 2.31. The molecule has 2 N–H and O–H groups in total. The molecule has 0 fully saturated rings. The van der Waals surface area contributed by atoms with E-state index in [1.54, 1.807) is 31.2 Å². The van der Waals surface area contributed by atoms with Gasteiger partial charge in [0.2, 0.25) is 0 Å². The first-order valence-corrected chi connectivity index (χ1v) is 10.2. The average Bonchev–Trinajstić information content (AvgIpc) is 2.78. The van der Waals surface area contributed by atoms with Crippen LogP contribution in [0.3, 0.4) is 0 Å². The molecule has 11 heteroatoms. The number of hydrogen-bond donors (Lipinski definition) is 2. The molecule has 0 aliphatic heterocycles. The third-order valence-electron chi connectivity index (χ3n) is 4.49. The highest BCUT2D eigenvalue weighted by atomic mass is 19.4. The van der Waals surface area contributed by atoms with Crippen LogP contribution in [-0.2, 0) is 25.2 Å². The van der Waals surface area contributed by atoms with Crippen LogP contribution in [0.15, 0.2) is 42.5 Å². The van der Waals surface area contributed by atoms with Crippen LogP contribution < -0.4 is 15.4 Å². The maximum absolute atomic E-state index is 13.0. The molecule has 2 aromatic carbocycles. The molecule has 184 valence electrons. The molecule has 8 nitrogen and oxygen atoms in total. The molecular formula is C23H25F3N2O6. The summed E-state index contributed by atoms with van der Waals surface area (Å²) in [6, 6.07) is 9.56. The summed E-state index contributed by atoms with van der Waals surface area (Å²) in [5, 5.41) is 4.83. The number of halogens is 3. The molecule has 0 aromatic heterocycles. The summed E-state index contributed by atoms with van der Waals surface area (Å²) in [7, 11) is 1.43. The smallest absolute Gasteiger partial charge is 0.416 e. The maximum Gasteiger partial charge on any atom is 0.416 e. The molecule has 0 saturated carbocycles. The molecule has 0 bridgehead atoms. The first kappa shape index (κ1) is 26.7. The second-order valence-corrected chi connectivity index (χ2v) is 7.08. The fraction of sp³-hybridized carbons (Fsp3) is 0.348. The van der Waals surface area contributed by atoms with Gasteiger partial charge >= 0.3 is 12.1 Å². The van der Waals surface area contributed by atoms with Gasteiger partial charge in [0.25, 0.3) is 11.8 Å². The number of nitrogens with one attached hydrogen (secondary N) is 2. The van der Waals surface area contributed by atoms with Crippen molar-refractivity contribution >= 4 is 23.5 Å². The molecule has 0 spiro atoms. The fourth-order valence-electron chi connectivity index (χ4n) is 2.77. The summed E-state index contributed by atoms with van der Waals surface area (Å²) in [6.45, 7) is 1.28. The average molecular weight is 482 g/mol. The summed E-state index contributed by atoms with van der Waals surface area (Å²) >= 11 is 0. The highest BCUT2D eigenvalue weighted by molar-refractivity contribution is 5.96. The van der Waals surface area contributed by atoms with Crippen LogP contribution in [0.1, 0.15) is 27.9 Å². The Morgan fingerprint density at radius 1 is 1.03 bits per heavy atom. The van der Waals surface area contributed by atoms with Crippen molar-refractivity contribution in [3.8, 4) is 5.75 Å². The summed E-state index contributed by atoms with van der Waals surface area (Å²) in [6.07, 6.45) is -4.82. The Morgan fingerprint density at radius 3 is 2.44 bits per heavy atom. The van der Waals surface area contributed by atoms with Crippen LogP contribution in [0, 0.1) is 6.92 Å². The van der Waals surface area contributed by atoms with Gasteiger partial charge in [-0.2, -0.15) is 13.2 Å². The largest absolute Gasteiger partial charge is 0.489 e. The van der Waals surface area contributed by atoms with Crippen molar-refractivity contribution in [2.24, 2.45) is 0 Å². The lowest BCUT2D eigenvalue weighted by atomic mass is 10.1. The minimum atomic E-state index is -4.63. The van der Waals surface area contributed by atoms with Crippen LogP contribution in [0.25, 0.3) is 0 Å². The second-order valence-electron chi connectivity index (χ2n) is 7.08. The van der Waals surface area contributed by atoms with Gasteiger partial charge in [-0.15, -0.1) is 0 Å². The van der Waals surface area contributed by atoms with E-state index < -0.39 is 30.2 Å². The molecule has 0 radical (unpaired) electrons. The molecular weight excluding hydrogens is 457 g/mol. The Morgan fingerprint density at radius 2 is 1.76 bits per heavy atom. The number of anilines is 1. The van der Waals surface area contributed by atoms with Gasteiger partial charge in [0, 0.05) is 19.2 Å². The molecule has 0 saturated heterocycles. The van der Waals surface area contributed by atoms with Gasteiger partial charge in [-0.25, -0.2) is 0 Å². The van der Waals surface area contributed by atoms with Crippen LogP contribution in [0.2, 0.25) is 0 Å². The van der Waals surface area contributed by atoms with Gasteiger partial charge in [-0.05, 0) is 36.8 Å². The van der Waals surface area contributed by atoms with Crippen LogP contribution in [0.4, 0.5) is 18.9 Å². The van der Waals surface area contributed by atoms with Gasteiger partial charge in [0.15, 0.2) is 6.61 Å². The molecule has 0 atom stereocenters. The Labute approximate surface area is 194 Å². The first-order valence-electron chi connectivity index (χ1n) is 10.2. The molecule has 2 rings (SSSR count). The zero-order valence-corrected chi connectivity index (χ0v) is 18.7. The lowest BCUT2D eigenvalue weighted by Crippen LogP contribution is -2.28. The van der Waals surface area contributed by atoms with Crippen LogP contribution in [0.5, 0.6) is 5.75 Å². The number of ether oxygens (including phenoxy) is 3. The highest BCUT2D eigenvalue weighted by Crippen LogP contribution is 2.35. The van der Waals surface area contributed by atoms with E-state index in [1.165, 1.54) is 7.11 Å². The van der Waals surface area contributed by atoms with E-state index in [9.17, 15) is 27.6 Å². The van der Waals surface area contributed by atoms with Gasteiger partial charge in [0.1, 0.15) is 12.4 Å². The van der Waals surface area contributed by atoms with Crippen molar-refractivity contribution < 1.29 is 41.8 Å². The van der Waals surface area contributed by atoms with Crippen LogP contribution >= 0.6 is 0 Å². The normalized spacial score (nSPS) is 11.0. The van der Waals surface area contributed by atoms with E-state index in [4.69, 9.17) is 14.2 Å². The van der Waals surface area contributed by atoms with Crippen molar-refractivity contribution in [1.82, 2.24) is 5.32 Å². The van der Waals surface area contributed by atoms with Crippen molar-refractivity contribution in [2.75, 3.05) is 38.8 Å². The number of aryl methyl sites for hydroxylation is 1. The van der Waals surface area contributed by atoms with Gasteiger partial charge in [0.05, 0.1) is 24.3 Å². The van der Waals surface area contributed by atoms with E-state index in [0.29, 0.717) is 5.56 Å². The molecule has 0 aliphatic rings. The van der Waals surface area contributed by atoms with Crippen molar-refractivity contribution in [3.05, 3.63) is 59.2 Å². The quantitative estimate of drug-likeness (QED) is 0.376. The van der Waals surface area contributed by atoms with Crippen molar-refractivity contribution in [2.45, 2.75) is 19.5 Å². The Bertz CT molecular complexity index is 1010. The number of carbonyl (C=O) groups is 3. The van der Waals surface area contributed by atoms with E-state index in [2.05, 4.69) is 10.6 Å². The third-order valence-corrected chi connectivity index (χ3v) is 4.49. The van der Waals surface area contributed by atoms with Crippen molar-refractivity contribution in [1.29, 1.82) is 0 Å². The van der Waals surface area contributed by atoms with E-state index in [-0.39, 0.29) is 43.5 Å². The number of benzene rings is 2. The number of methoxy groups -OCH3 is 1. The van der Waals surface area contributed by atoms with E-state index in [0.717, 1.165) is 23.8 Å². The fourth-order valence-corrected chi connectivity index (χ4v) is 2.77. The number of amides is 2. The second kappa shape index (κ2) is 12.6. The summed E-state index contributed by atoms with van der Waals surface area (Å²) in [5.41, 5.74) is 0.0417. The molecule has 0 heterocycles. The molecule has 0 unspecified atom stereocenters. The first-order chi connectivity index (χ1) is 16.1. The standard InChI is InChI=1S/C23H25F3N2O6/c1-15-5-3-4-6-17(15)22(31)27-10-9-21(30)34-14-20(29)28-18-13-16(23(24,25)26)7-8-19(18)33-12-11-32-2/h3-8,13H,9-12,14H2,1-2H3,(H,27,31)(H,28,29). The lowest BCUT2D eigenvalue weighted by Gasteiger charge is -2.15. The summed E-state index contributed by atoms with van der Waals surface area (Å²) in [4.78, 5) is 36.1. The van der Waals surface area contributed by atoms with Gasteiger partial charge in [-0.1, -0.05) is 18.2 Å². The molecule has 34 heavy (non-hydrogen) atoms. The lowest BCUT2D eigenvalue weighted by molar-refractivity contribution is -0.147. The Hall–Kier alpha value is -3.60. The van der Waals surface area contributed by atoms with Crippen LogP contribution in [-0.4, -0.2) is 51.3 Å². The van der Waals surface area contributed by atoms with E-state index in [1.807, 2.05) is 0 Å². The minimum absolute atomic E-state index is 0.00337. The van der Waals surface area contributed by atoms with Gasteiger partial charge < -0.3 is 24.8 Å². The molecule has 2 amide bonds. The third kappa shape index (κ3) is 8.39. The van der Waals surface area contributed by atoms with E-state index >= 15 is 0 Å². The molecule has 0 aliphatic carbocycles. The number of esters is 1. The zero-order valence-electron chi connectivity index (χ0n) is 18.7. The zero-order chi connectivity index (χ0) is 25.1. The summed E-state index contributed by atoms with van der Waals surface area (Å²) in [5.74, 6) is -1.97. The minimum Gasteiger partial charge on any atom is -0.489 e. The predicted octanol–water partition coefficient (Wildman–Crippen LogP) is 3.34.